The van der Waals surface area contributed by atoms with Gasteiger partial charge in [-0.25, -0.2) is 9.59 Å². The molecule has 1 unspecified atom stereocenters. The molecule has 7 heteroatoms. The number of carboxylic acid groups (broad SMARTS) is 1. The topological polar surface area (TPSA) is 84.7 Å². The van der Waals surface area contributed by atoms with E-state index in [0.717, 1.165) is 5.56 Å². The van der Waals surface area contributed by atoms with Crippen molar-refractivity contribution in [1.29, 1.82) is 0 Å². The predicted molar refractivity (Wildman–Crippen MR) is 89.8 cm³/mol. The third-order valence-electron chi connectivity index (χ3n) is 4.11. The van der Waals surface area contributed by atoms with E-state index in [2.05, 4.69) is 5.10 Å². The van der Waals surface area contributed by atoms with Gasteiger partial charge in [-0.1, -0.05) is 30.3 Å². The lowest BCUT2D eigenvalue weighted by atomic mass is 10.1. The van der Waals surface area contributed by atoms with E-state index in [1.54, 1.807) is 10.9 Å². The van der Waals surface area contributed by atoms with Gasteiger partial charge in [0.2, 0.25) is 0 Å². The van der Waals surface area contributed by atoms with Gasteiger partial charge in [-0.15, -0.1) is 0 Å². The monoisotopic (exact) mass is 343 g/mol. The minimum atomic E-state index is -1.09. The third-order valence-corrected chi connectivity index (χ3v) is 4.11. The highest BCUT2D eigenvalue weighted by Gasteiger charge is 2.42. The van der Waals surface area contributed by atoms with Gasteiger partial charge in [0.15, 0.2) is 6.04 Å². The highest BCUT2D eigenvalue weighted by molar-refractivity contribution is 5.83. The molecule has 0 radical (unpaired) electrons. The van der Waals surface area contributed by atoms with E-state index in [1.165, 1.54) is 4.90 Å². The zero-order chi connectivity index (χ0) is 18.2. The van der Waals surface area contributed by atoms with Crippen LogP contribution in [0.3, 0.4) is 0 Å². The minimum absolute atomic E-state index is 0.0994. The fourth-order valence-corrected chi connectivity index (χ4v) is 2.78. The van der Waals surface area contributed by atoms with Crippen molar-refractivity contribution in [3.05, 3.63) is 53.3 Å². The molecule has 1 aliphatic rings. The molecular formula is C18H21N3O4. The van der Waals surface area contributed by atoms with Crippen molar-refractivity contribution < 1.29 is 19.4 Å². The van der Waals surface area contributed by atoms with Crippen molar-refractivity contribution in [1.82, 2.24) is 14.7 Å². The van der Waals surface area contributed by atoms with Crippen molar-refractivity contribution in [2.45, 2.75) is 45.5 Å². The summed E-state index contributed by atoms with van der Waals surface area (Å²) in [7, 11) is 0. The summed E-state index contributed by atoms with van der Waals surface area (Å²) in [6, 6.07) is 8.19. The van der Waals surface area contributed by atoms with Crippen molar-refractivity contribution in [2.75, 3.05) is 0 Å². The number of hydrogen-bond donors (Lipinski definition) is 1. The zero-order valence-corrected chi connectivity index (χ0v) is 14.5. The lowest BCUT2D eigenvalue weighted by molar-refractivity contribution is -0.142. The van der Waals surface area contributed by atoms with Crippen LogP contribution in [0.5, 0.6) is 0 Å². The van der Waals surface area contributed by atoms with E-state index in [1.807, 2.05) is 51.1 Å². The first kappa shape index (κ1) is 17.0. The Labute approximate surface area is 145 Å². The average molecular weight is 343 g/mol. The normalized spacial score (nSPS) is 16.6. The Morgan fingerprint density at radius 3 is 2.56 bits per heavy atom. The summed E-state index contributed by atoms with van der Waals surface area (Å²) >= 11 is 0. The van der Waals surface area contributed by atoms with Crippen LogP contribution in [-0.4, -0.2) is 31.8 Å². The lowest BCUT2D eigenvalue weighted by Gasteiger charge is -2.23. The molecule has 0 bridgehead atoms. The Morgan fingerprint density at radius 2 is 1.96 bits per heavy atom. The van der Waals surface area contributed by atoms with E-state index in [0.29, 0.717) is 11.3 Å². The van der Waals surface area contributed by atoms with Crippen LogP contribution in [0.15, 0.2) is 36.5 Å². The Morgan fingerprint density at radius 1 is 1.28 bits per heavy atom. The van der Waals surface area contributed by atoms with Crippen molar-refractivity contribution in [3.63, 3.8) is 0 Å². The first-order chi connectivity index (χ1) is 11.8. The van der Waals surface area contributed by atoms with Gasteiger partial charge < -0.3 is 9.84 Å². The Balaban J connectivity index is 1.77. The fraction of sp³-hybridized carbons (Fsp3) is 0.389. The number of carbonyl (C=O) groups excluding carboxylic acids is 1. The number of fused-ring (bicyclic) bond motifs is 1. The largest absolute Gasteiger partial charge is 0.479 e. The molecule has 1 N–H and O–H groups in total. The van der Waals surface area contributed by atoms with Gasteiger partial charge in [0.05, 0.1) is 17.8 Å². The lowest BCUT2D eigenvalue weighted by Crippen LogP contribution is -2.35. The molecule has 25 heavy (non-hydrogen) atoms. The summed E-state index contributed by atoms with van der Waals surface area (Å²) < 4.78 is 7.02. The number of carboxylic acids is 1. The van der Waals surface area contributed by atoms with Crippen LogP contribution >= 0.6 is 0 Å². The molecular weight excluding hydrogens is 322 g/mol. The molecule has 0 saturated carbocycles. The van der Waals surface area contributed by atoms with Gasteiger partial charge in [0.25, 0.3) is 0 Å². The van der Waals surface area contributed by atoms with E-state index >= 15 is 0 Å². The first-order valence-electron chi connectivity index (χ1n) is 8.06. The number of hydrogen-bond acceptors (Lipinski definition) is 4. The van der Waals surface area contributed by atoms with Gasteiger partial charge >= 0.3 is 12.1 Å². The number of rotatable bonds is 3. The molecule has 132 valence electrons. The third kappa shape index (κ3) is 3.35. The van der Waals surface area contributed by atoms with E-state index < -0.39 is 18.1 Å². The van der Waals surface area contributed by atoms with Crippen LogP contribution in [0.4, 0.5) is 4.79 Å². The van der Waals surface area contributed by atoms with Gasteiger partial charge in [0.1, 0.15) is 6.61 Å². The number of ether oxygens (including phenoxy) is 1. The van der Waals surface area contributed by atoms with Crippen LogP contribution in [0.1, 0.15) is 43.6 Å². The molecule has 2 aromatic rings. The number of benzene rings is 1. The standard InChI is InChI=1S/C18H21N3O4/c1-18(2,3)21-9-13-14(19-21)10-20(15(13)16(22)23)17(24)25-11-12-7-5-4-6-8-12/h4-9,15H,10-11H2,1-3H3,(H,22,23). The number of aliphatic carboxylic acids is 1. The molecule has 3 rings (SSSR count). The van der Waals surface area contributed by atoms with E-state index in [4.69, 9.17) is 4.74 Å². The molecule has 0 saturated heterocycles. The average Bonchev–Trinajstić information content (AvgIpc) is 3.10. The molecule has 0 aliphatic carbocycles. The molecule has 7 nitrogen and oxygen atoms in total. The molecule has 1 aliphatic heterocycles. The van der Waals surface area contributed by atoms with Crippen LogP contribution in [-0.2, 0) is 28.2 Å². The van der Waals surface area contributed by atoms with Crippen molar-refractivity contribution >= 4 is 12.1 Å². The molecule has 2 heterocycles. The van der Waals surface area contributed by atoms with Crippen LogP contribution in [0, 0.1) is 0 Å². The molecule has 1 aromatic heterocycles. The van der Waals surface area contributed by atoms with E-state index in [9.17, 15) is 14.7 Å². The summed E-state index contributed by atoms with van der Waals surface area (Å²) in [6.45, 7) is 6.18. The maximum atomic E-state index is 12.4. The first-order valence-corrected chi connectivity index (χ1v) is 8.06. The number of aromatic nitrogens is 2. The van der Waals surface area contributed by atoms with Crippen LogP contribution in [0.25, 0.3) is 0 Å². The maximum absolute atomic E-state index is 12.4. The van der Waals surface area contributed by atoms with Crippen molar-refractivity contribution in [2.24, 2.45) is 0 Å². The van der Waals surface area contributed by atoms with Crippen LogP contribution in [0.2, 0.25) is 0 Å². The highest BCUT2D eigenvalue weighted by Crippen LogP contribution is 2.35. The summed E-state index contributed by atoms with van der Waals surface area (Å²) in [5, 5.41) is 14.0. The second-order valence-corrected chi connectivity index (χ2v) is 7.06. The second-order valence-electron chi connectivity index (χ2n) is 7.06. The molecule has 0 fully saturated rings. The Kier molecular flexibility index (Phi) is 4.24. The Hall–Kier alpha value is -2.83. The summed E-state index contributed by atoms with van der Waals surface area (Å²) in [5.41, 5.74) is 1.72. The number of amides is 1. The smallest absolute Gasteiger partial charge is 0.411 e. The molecule has 1 atom stereocenters. The second kappa shape index (κ2) is 6.23. The number of nitrogens with zero attached hydrogens (tertiary/aromatic N) is 3. The van der Waals surface area contributed by atoms with Gasteiger partial charge in [-0.05, 0) is 26.3 Å². The van der Waals surface area contributed by atoms with Crippen LogP contribution < -0.4 is 0 Å². The zero-order valence-electron chi connectivity index (χ0n) is 14.5. The van der Waals surface area contributed by atoms with Gasteiger partial charge in [0, 0.05) is 11.8 Å². The van der Waals surface area contributed by atoms with E-state index in [-0.39, 0.29) is 18.7 Å². The Bertz CT molecular complexity index is 792. The molecule has 1 amide bonds. The summed E-state index contributed by atoms with van der Waals surface area (Å²) in [5.74, 6) is -1.09. The molecule has 0 spiro atoms. The summed E-state index contributed by atoms with van der Waals surface area (Å²) in [6.07, 6.45) is 1.05. The van der Waals surface area contributed by atoms with Gasteiger partial charge in [-0.3, -0.25) is 9.58 Å². The fourth-order valence-electron chi connectivity index (χ4n) is 2.78. The number of carbonyl (C=O) groups is 2. The predicted octanol–water partition coefficient (Wildman–Crippen LogP) is 2.92. The maximum Gasteiger partial charge on any atom is 0.411 e. The van der Waals surface area contributed by atoms with Crippen molar-refractivity contribution in [3.8, 4) is 0 Å². The highest BCUT2D eigenvalue weighted by atomic mass is 16.6. The molecule has 1 aromatic carbocycles. The quantitative estimate of drug-likeness (QED) is 0.926. The summed E-state index contributed by atoms with van der Waals surface area (Å²) in [4.78, 5) is 25.3. The minimum Gasteiger partial charge on any atom is -0.479 e. The van der Waals surface area contributed by atoms with Gasteiger partial charge in [-0.2, -0.15) is 5.10 Å². The SMILES string of the molecule is CC(C)(C)n1cc2c(n1)CN(C(=O)OCc1ccccc1)C2C(=O)O.